The predicted molar refractivity (Wildman–Crippen MR) is 115 cm³/mol. The number of benzene rings is 2. The van der Waals surface area contributed by atoms with E-state index >= 15 is 0 Å². The van der Waals surface area contributed by atoms with Gasteiger partial charge in [-0.3, -0.25) is 9.69 Å². The number of aromatic nitrogens is 1. The van der Waals surface area contributed by atoms with Gasteiger partial charge in [0.15, 0.2) is 11.7 Å². The minimum atomic E-state index is -0.723. The Hall–Kier alpha value is -3.10. The SMILES string of the molecule is O=C(CCc1ncc(-c2ccc(F)cc2F)o1)NCC1CN(Cc2ccccc2)CCO1. The van der Waals surface area contributed by atoms with E-state index in [2.05, 4.69) is 27.3 Å². The molecule has 1 aromatic heterocycles. The Morgan fingerprint density at radius 1 is 1.19 bits per heavy atom. The lowest BCUT2D eigenvalue weighted by molar-refractivity contribution is -0.122. The first-order chi connectivity index (χ1) is 15.6. The number of halogens is 2. The van der Waals surface area contributed by atoms with Crippen molar-refractivity contribution in [2.75, 3.05) is 26.2 Å². The van der Waals surface area contributed by atoms with Crippen molar-refractivity contribution >= 4 is 5.91 Å². The number of nitrogens with zero attached hydrogens (tertiary/aromatic N) is 2. The summed E-state index contributed by atoms with van der Waals surface area (Å²) in [5.74, 6) is -0.998. The van der Waals surface area contributed by atoms with Crippen LogP contribution in [0.5, 0.6) is 0 Å². The van der Waals surface area contributed by atoms with Crippen LogP contribution in [-0.4, -0.2) is 48.1 Å². The van der Waals surface area contributed by atoms with Crippen molar-refractivity contribution in [3.05, 3.63) is 77.8 Å². The lowest BCUT2D eigenvalue weighted by atomic mass is 10.2. The van der Waals surface area contributed by atoms with Crippen molar-refractivity contribution in [1.82, 2.24) is 15.2 Å². The molecule has 0 aliphatic carbocycles. The van der Waals surface area contributed by atoms with Crippen LogP contribution in [0, 0.1) is 11.6 Å². The molecule has 1 aliphatic rings. The largest absolute Gasteiger partial charge is 0.441 e. The molecule has 32 heavy (non-hydrogen) atoms. The summed E-state index contributed by atoms with van der Waals surface area (Å²) in [6.45, 7) is 3.53. The molecule has 3 aromatic rings. The van der Waals surface area contributed by atoms with Crippen molar-refractivity contribution in [2.24, 2.45) is 0 Å². The molecule has 1 fully saturated rings. The summed E-state index contributed by atoms with van der Waals surface area (Å²) in [7, 11) is 0. The Kier molecular flexibility index (Phi) is 7.24. The van der Waals surface area contributed by atoms with Gasteiger partial charge in [0.1, 0.15) is 11.6 Å². The number of amides is 1. The van der Waals surface area contributed by atoms with E-state index in [1.165, 1.54) is 17.8 Å². The number of hydrogen-bond acceptors (Lipinski definition) is 5. The van der Waals surface area contributed by atoms with Gasteiger partial charge in [-0.05, 0) is 17.7 Å². The summed E-state index contributed by atoms with van der Waals surface area (Å²) in [5, 5.41) is 2.90. The fraction of sp³-hybridized carbons (Fsp3) is 0.333. The first kappa shape index (κ1) is 22.1. The summed E-state index contributed by atoms with van der Waals surface area (Å²) in [6.07, 6.45) is 1.78. The van der Waals surface area contributed by atoms with Gasteiger partial charge in [0.25, 0.3) is 0 Å². The molecule has 1 atom stereocenters. The Labute approximate surface area is 185 Å². The van der Waals surface area contributed by atoms with Crippen LogP contribution >= 0.6 is 0 Å². The number of rotatable bonds is 8. The van der Waals surface area contributed by atoms with Crippen molar-refractivity contribution in [1.29, 1.82) is 0 Å². The average molecular weight is 441 g/mol. The number of carbonyl (C=O) groups excluding carboxylic acids is 1. The first-order valence-electron chi connectivity index (χ1n) is 10.6. The Balaban J connectivity index is 1.21. The van der Waals surface area contributed by atoms with Gasteiger partial charge in [-0.2, -0.15) is 0 Å². The zero-order valence-corrected chi connectivity index (χ0v) is 17.6. The van der Waals surface area contributed by atoms with Crippen LogP contribution in [0.1, 0.15) is 17.9 Å². The zero-order valence-electron chi connectivity index (χ0n) is 17.6. The second-order valence-corrected chi connectivity index (χ2v) is 7.76. The van der Waals surface area contributed by atoms with Crippen LogP contribution in [0.4, 0.5) is 8.78 Å². The van der Waals surface area contributed by atoms with Gasteiger partial charge in [-0.25, -0.2) is 13.8 Å². The molecule has 1 N–H and O–H groups in total. The van der Waals surface area contributed by atoms with Crippen molar-refractivity contribution in [3.8, 4) is 11.3 Å². The van der Waals surface area contributed by atoms with E-state index in [0.717, 1.165) is 31.8 Å². The van der Waals surface area contributed by atoms with Crippen molar-refractivity contribution in [3.63, 3.8) is 0 Å². The minimum Gasteiger partial charge on any atom is -0.441 e. The molecular weight excluding hydrogens is 416 g/mol. The highest BCUT2D eigenvalue weighted by atomic mass is 19.1. The maximum Gasteiger partial charge on any atom is 0.220 e. The normalized spacial score (nSPS) is 16.8. The summed E-state index contributed by atoms with van der Waals surface area (Å²) in [6, 6.07) is 13.5. The molecule has 0 spiro atoms. The summed E-state index contributed by atoms with van der Waals surface area (Å²) < 4.78 is 38.2. The molecule has 2 heterocycles. The molecule has 168 valence electrons. The fourth-order valence-electron chi connectivity index (χ4n) is 3.67. The average Bonchev–Trinajstić information content (AvgIpc) is 3.26. The first-order valence-corrected chi connectivity index (χ1v) is 10.6. The molecule has 1 saturated heterocycles. The molecule has 1 aliphatic heterocycles. The number of aryl methyl sites for hydroxylation is 1. The van der Waals surface area contributed by atoms with Gasteiger partial charge in [-0.15, -0.1) is 0 Å². The van der Waals surface area contributed by atoms with Gasteiger partial charge in [0.2, 0.25) is 5.91 Å². The van der Waals surface area contributed by atoms with E-state index in [1.807, 2.05) is 18.2 Å². The number of morpholine rings is 1. The lowest BCUT2D eigenvalue weighted by Gasteiger charge is -2.33. The van der Waals surface area contributed by atoms with Crippen LogP contribution in [0.2, 0.25) is 0 Å². The van der Waals surface area contributed by atoms with Crippen LogP contribution in [0.15, 0.2) is 59.1 Å². The van der Waals surface area contributed by atoms with Gasteiger partial charge in [-0.1, -0.05) is 30.3 Å². The molecule has 2 aromatic carbocycles. The number of nitrogens with one attached hydrogen (secondary N) is 1. The highest BCUT2D eigenvalue weighted by Crippen LogP contribution is 2.24. The third-order valence-corrected chi connectivity index (χ3v) is 5.31. The second-order valence-electron chi connectivity index (χ2n) is 7.76. The maximum absolute atomic E-state index is 13.9. The molecule has 0 bridgehead atoms. The molecule has 1 amide bonds. The lowest BCUT2D eigenvalue weighted by Crippen LogP contribution is -2.47. The summed E-state index contributed by atoms with van der Waals surface area (Å²) in [5.41, 5.74) is 1.38. The van der Waals surface area contributed by atoms with Crippen LogP contribution in [0.3, 0.4) is 0 Å². The monoisotopic (exact) mass is 441 g/mol. The Morgan fingerprint density at radius 2 is 2.03 bits per heavy atom. The molecule has 0 radical (unpaired) electrons. The number of oxazole rings is 1. The van der Waals surface area contributed by atoms with Crippen LogP contribution in [-0.2, 0) is 22.5 Å². The van der Waals surface area contributed by atoms with Gasteiger partial charge >= 0.3 is 0 Å². The molecule has 1 unspecified atom stereocenters. The molecule has 6 nitrogen and oxygen atoms in total. The zero-order chi connectivity index (χ0) is 22.3. The van der Waals surface area contributed by atoms with Crippen LogP contribution in [0.25, 0.3) is 11.3 Å². The molecule has 8 heteroatoms. The third-order valence-electron chi connectivity index (χ3n) is 5.31. The fourth-order valence-corrected chi connectivity index (χ4v) is 3.67. The topological polar surface area (TPSA) is 67.6 Å². The standard InChI is InChI=1S/C24H25F2N3O3/c25-18-6-7-20(21(26)12-18)22-14-28-24(32-22)9-8-23(30)27-13-19-16-29(10-11-31-19)15-17-4-2-1-3-5-17/h1-7,12,14,19H,8-11,13,15-16H2,(H,27,30). The molecule has 0 saturated carbocycles. The smallest absolute Gasteiger partial charge is 0.220 e. The van der Waals surface area contributed by atoms with Crippen molar-refractivity contribution in [2.45, 2.75) is 25.5 Å². The third kappa shape index (κ3) is 5.99. The predicted octanol–water partition coefficient (Wildman–Crippen LogP) is 3.57. The summed E-state index contributed by atoms with van der Waals surface area (Å²) >= 11 is 0. The number of ether oxygens (including phenoxy) is 1. The quantitative estimate of drug-likeness (QED) is 0.579. The van der Waals surface area contributed by atoms with E-state index in [0.29, 0.717) is 19.0 Å². The van der Waals surface area contributed by atoms with E-state index in [-0.39, 0.29) is 36.2 Å². The van der Waals surface area contributed by atoms with Gasteiger partial charge in [0, 0.05) is 45.1 Å². The highest BCUT2D eigenvalue weighted by Gasteiger charge is 2.21. The number of carbonyl (C=O) groups is 1. The van der Waals surface area contributed by atoms with Crippen LogP contribution < -0.4 is 5.32 Å². The second kappa shape index (κ2) is 10.5. The van der Waals surface area contributed by atoms with Crippen molar-refractivity contribution < 1.29 is 22.7 Å². The highest BCUT2D eigenvalue weighted by molar-refractivity contribution is 5.76. The van der Waals surface area contributed by atoms with E-state index < -0.39 is 11.6 Å². The van der Waals surface area contributed by atoms with E-state index in [1.54, 1.807) is 0 Å². The van der Waals surface area contributed by atoms with E-state index in [9.17, 15) is 13.6 Å². The van der Waals surface area contributed by atoms with Gasteiger partial charge < -0.3 is 14.5 Å². The maximum atomic E-state index is 13.9. The Bertz CT molecular complexity index is 1040. The molecule has 4 rings (SSSR count). The Morgan fingerprint density at radius 3 is 2.84 bits per heavy atom. The minimum absolute atomic E-state index is 0.0637. The molecular formula is C24H25F2N3O3. The summed E-state index contributed by atoms with van der Waals surface area (Å²) in [4.78, 5) is 18.7. The van der Waals surface area contributed by atoms with Gasteiger partial charge in [0.05, 0.1) is 24.5 Å². The van der Waals surface area contributed by atoms with E-state index in [4.69, 9.17) is 9.15 Å². The number of hydrogen-bond donors (Lipinski definition) is 1.